The van der Waals surface area contributed by atoms with Crippen LogP contribution < -0.4 is 5.32 Å². The quantitative estimate of drug-likeness (QED) is 0.857. The summed E-state index contributed by atoms with van der Waals surface area (Å²) in [5.41, 5.74) is 1.07. The Morgan fingerprint density at radius 1 is 1.46 bits per heavy atom. The second-order valence-electron chi connectivity index (χ2n) is 5.51. The molecule has 0 aliphatic carbocycles. The minimum atomic E-state index is -0.707. The first-order valence-electron chi connectivity index (χ1n) is 7.26. The van der Waals surface area contributed by atoms with Crippen LogP contribution in [0.1, 0.15) is 37.9 Å². The van der Waals surface area contributed by atoms with Crippen LogP contribution in [-0.4, -0.2) is 15.9 Å². The van der Waals surface area contributed by atoms with Gasteiger partial charge in [0.05, 0.1) is 22.7 Å². The van der Waals surface area contributed by atoms with Crippen molar-refractivity contribution in [2.24, 2.45) is 0 Å². The Bertz CT molecular complexity index is 834. The highest BCUT2D eigenvalue weighted by atomic mass is 19.1. The first-order valence-corrected chi connectivity index (χ1v) is 7.26. The SMILES string of the molecule is C=C(C)OC(=O)Nc1cc(C(C)C)nn1-c1ccc(F)c(C#N)c1. The standard InChI is InChI=1S/C17H17FN4O2/c1-10(2)15-8-16(20-17(23)24-11(3)4)22(21-15)13-5-6-14(18)12(7-13)9-19/h5-8,10H,3H2,1-2,4H3,(H,20,23). The number of aromatic nitrogens is 2. The molecular weight excluding hydrogens is 311 g/mol. The third-order valence-corrected chi connectivity index (χ3v) is 3.13. The molecule has 0 aliphatic rings. The van der Waals surface area contributed by atoms with Gasteiger partial charge in [-0.15, -0.1) is 0 Å². The van der Waals surface area contributed by atoms with Gasteiger partial charge in [-0.2, -0.15) is 10.4 Å². The molecule has 2 rings (SSSR count). The number of nitriles is 1. The molecule has 0 aliphatic heterocycles. The third kappa shape index (κ3) is 3.79. The topological polar surface area (TPSA) is 79.9 Å². The zero-order valence-corrected chi connectivity index (χ0v) is 13.6. The molecular formula is C17H17FN4O2. The molecule has 0 bridgehead atoms. The average Bonchev–Trinajstić information content (AvgIpc) is 2.91. The summed E-state index contributed by atoms with van der Waals surface area (Å²) in [5.74, 6) is 0.0881. The van der Waals surface area contributed by atoms with E-state index in [1.165, 1.54) is 22.9 Å². The van der Waals surface area contributed by atoms with E-state index in [-0.39, 0.29) is 17.2 Å². The van der Waals surface area contributed by atoms with Crippen LogP contribution in [0.3, 0.4) is 0 Å². The Kier molecular flexibility index (Phi) is 4.99. The zero-order chi connectivity index (χ0) is 17.9. The fourth-order valence-corrected chi connectivity index (χ4v) is 1.99. The number of halogens is 1. The molecule has 24 heavy (non-hydrogen) atoms. The Morgan fingerprint density at radius 2 is 2.17 bits per heavy atom. The minimum absolute atomic E-state index is 0.107. The summed E-state index contributed by atoms with van der Waals surface area (Å²) in [5, 5.41) is 16.0. The van der Waals surface area contributed by atoms with Gasteiger partial charge in [0.1, 0.15) is 17.7 Å². The van der Waals surface area contributed by atoms with Crippen molar-refractivity contribution in [2.75, 3.05) is 5.32 Å². The molecule has 1 aromatic heterocycles. The van der Waals surface area contributed by atoms with Crippen molar-refractivity contribution in [3.8, 4) is 11.8 Å². The first-order chi connectivity index (χ1) is 11.3. The second kappa shape index (κ2) is 6.96. The van der Waals surface area contributed by atoms with Crippen molar-refractivity contribution in [2.45, 2.75) is 26.7 Å². The van der Waals surface area contributed by atoms with Crippen molar-refractivity contribution < 1.29 is 13.9 Å². The molecule has 0 atom stereocenters. The van der Waals surface area contributed by atoms with E-state index < -0.39 is 11.9 Å². The van der Waals surface area contributed by atoms with E-state index in [2.05, 4.69) is 17.0 Å². The minimum Gasteiger partial charge on any atom is -0.416 e. The van der Waals surface area contributed by atoms with E-state index in [1.54, 1.807) is 19.1 Å². The molecule has 0 radical (unpaired) electrons. The van der Waals surface area contributed by atoms with E-state index in [4.69, 9.17) is 10.00 Å². The van der Waals surface area contributed by atoms with Crippen molar-refractivity contribution >= 4 is 11.9 Å². The van der Waals surface area contributed by atoms with Gasteiger partial charge in [0.25, 0.3) is 0 Å². The number of ether oxygens (including phenoxy) is 1. The van der Waals surface area contributed by atoms with E-state index in [9.17, 15) is 9.18 Å². The van der Waals surface area contributed by atoms with E-state index in [1.807, 2.05) is 13.8 Å². The van der Waals surface area contributed by atoms with Gasteiger partial charge in [-0.3, -0.25) is 5.32 Å². The molecule has 0 saturated carbocycles. The van der Waals surface area contributed by atoms with Crippen LogP contribution in [0.2, 0.25) is 0 Å². The third-order valence-electron chi connectivity index (χ3n) is 3.13. The van der Waals surface area contributed by atoms with Gasteiger partial charge >= 0.3 is 6.09 Å². The largest absolute Gasteiger partial charge is 0.417 e. The van der Waals surface area contributed by atoms with Gasteiger partial charge in [-0.25, -0.2) is 13.9 Å². The number of rotatable bonds is 4. The Hall–Kier alpha value is -3.14. The van der Waals surface area contributed by atoms with E-state index in [0.29, 0.717) is 11.5 Å². The maximum absolute atomic E-state index is 13.5. The number of nitrogens with one attached hydrogen (secondary N) is 1. The van der Waals surface area contributed by atoms with Gasteiger partial charge in [0.2, 0.25) is 0 Å². The summed E-state index contributed by atoms with van der Waals surface area (Å²) in [6, 6.07) is 7.49. The predicted molar refractivity (Wildman–Crippen MR) is 87.2 cm³/mol. The molecule has 1 aromatic carbocycles. The van der Waals surface area contributed by atoms with Gasteiger partial charge < -0.3 is 4.74 Å². The van der Waals surface area contributed by atoms with Crippen LogP contribution >= 0.6 is 0 Å². The average molecular weight is 328 g/mol. The molecule has 1 amide bonds. The van der Waals surface area contributed by atoms with Crippen molar-refractivity contribution in [3.05, 3.63) is 53.7 Å². The second-order valence-corrected chi connectivity index (χ2v) is 5.51. The number of nitrogens with zero attached hydrogens (tertiary/aromatic N) is 3. The smallest absolute Gasteiger partial charge is 0.416 e. The van der Waals surface area contributed by atoms with Crippen molar-refractivity contribution in [1.82, 2.24) is 9.78 Å². The Labute approximate surface area is 139 Å². The van der Waals surface area contributed by atoms with E-state index >= 15 is 0 Å². The van der Waals surface area contributed by atoms with Gasteiger partial charge in [-0.1, -0.05) is 20.4 Å². The van der Waals surface area contributed by atoms with Crippen LogP contribution in [0, 0.1) is 17.1 Å². The highest BCUT2D eigenvalue weighted by molar-refractivity contribution is 5.84. The highest BCUT2D eigenvalue weighted by Gasteiger charge is 2.16. The summed E-state index contributed by atoms with van der Waals surface area (Å²) >= 11 is 0. The number of carbonyl (C=O) groups excluding carboxylic acids is 1. The fourth-order valence-electron chi connectivity index (χ4n) is 1.99. The van der Waals surface area contributed by atoms with Crippen molar-refractivity contribution in [1.29, 1.82) is 5.26 Å². The lowest BCUT2D eigenvalue weighted by Crippen LogP contribution is -2.15. The summed E-state index contributed by atoms with van der Waals surface area (Å²) in [7, 11) is 0. The monoisotopic (exact) mass is 328 g/mol. The number of allylic oxidation sites excluding steroid dienone is 1. The lowest BCUT2D eigenvalue weighted by molar-refractivity contribution is 0.192. The molecule has 0 fully saturated rings. The molecule has 0 saturated heterocycles. The van der Waals surface area contributed by atoms with Crippen LogP contribution in [0.25, 0.3) is 5.69 Å². The summed E-state index contributed by atoms with van der Waals surface area (Å²) < 4.78 is 19.8. The molecule has 124 valence electrons. The molecule has 1 heterocycles. The van der Waals surface area contributed by atoms with Gasteiger partial charge in [0.15, 0.2) is 0 Å². The van der Waals surface area contributed by atoms with Crippen LogP contribution in [0.5, 0.6) is 0 Å². The Balaban J connectivity index is 2.46. The lowest BCUT2D eigenvalue weighted by atomic mass is 10.1. The summed E-state index contributed by atoms with van der Waals surface area (Å²) in [6.07, 6.45) is -0.707. The number of benzene rings is 1. The normalized spacial score (nSPS) is 10.3. The Morgan fingerprint density at radius 3 is 2.75 bits per heavy atom. The molecule has 7 heteroatoms. The van der Waals surface area contributed by atoms with Crippen molar-refractivity contribution in [3.63, 3.8) is 0 Å². The number of anilines is 1. The summed E-state index contributed by atoms with van der Waals surface area (Å²) in [6.45, 7) is 8.96. The molecule has 2 aromatic rings. The molecule has 0 spiro atoms. The number of carbonyl (C=O) groups is 1. The van der Waals surface area contributed by atoms with E-state index in [0.717, 1.165) is 5.69 Å². The zero-order valence-electron chi connectivity index (χ0n) is 13.6. The fraction of sp³-hybridized carbons (Fsp3) is 0.235. The maximum Gasteiger partial charge on any atom is 0.417 e. The first kappa shape index (κ1) is 17.2. The van der Waals surface area contributed by atoms with Gasteiger partial charge in [-0.05, 0) is 31.0 Å². The molecule has 0 unspecified atom stereocenters. The number of amides is 1. The van der Waals surface area contributed by atoms with Crippen LogP contribution in [0.15, 0.2) is 36.6 Å². The summed E-state index contributed by atoms with van der Waals surface area (Å²) in [4.78, 5) is 11.8. The predicted octanol–water partition coefficient (Wildman–Crippen LogP) is 4.09. The highest BCUT2D eigenvalue weighted by Crippen LogP contribution is 2.23. The lowest BCUT2D eigenvalue weighted by Gasteiger charge is -2.09. The molecule has 6 nitrogen and oxygen atoms in total. The number of hydrogen-bond acceptors (Lipinski definition) is 4. The maximum atomic E-state index is 13.5. The van der Waals surface area contributed by atoms with Crippen LogP contribution in [-0.2, 0) is 4.74 Å². The van der Waals surface area contributed by atoms with Crippen LogP contribution in [0.4, 0.5) is 15.0 Å². The molecule has 1 N–H and O–H groups in total. The van der Waals surface area contributed by atoms with Gasteiger partial charge in [0, 0.05) is 6.07 Å². The number of hydrogen-bond donors (Lipinski definition) is 1.